The summed E-state index contributed by atoms with van der Waals surface area (Å²) < 4.78 is 0. The first-order valence-electron chi connectivity index (χ1n) is 2.02. The molecule has 0 saturated carbocycles. The van der Waals surface area contributed by atoms with E-state index in [1.165, 1.54) is 6.42 Å². The monoisotopic (exact) mass is 73.1 g/mol. The maximum atomic E-state index is 3.55. The maximum Gasteiger partial charge on any atom is 0.0512 e. The normalized spacial score (nSPS) is 8.40. The van der Waals surface area contributed by atoms with Crippen LogP contribution < -0.4 is 5.32 Å². The van der Waals surface area contributed by atoms with Crippen molar-refractivity contribution >= 4 is 0 Å². The van der Waals surface area contributed by atoms with Gasteiger partial charge in [-0.3, -0.25) is 0 Å². The lowest BCUT2D eigenvalue weighted by molar-refractivity contribution is -0.595. The molecule has 0 radical (unpaired) electrons. The summed E-state index contributed by atoms with van der Waals surface area (Å²) in [6, 6.07) is 0. The Bertz CT molecular complexity index is 11.1. The van der Waals surface area contributed by atoms with E-state index >= 15 is 0 Å². The van der Waals surface area contributed by atoms with Gasteiger partial charge in [0.15, 0.2) is 0 Å². The molecule has 5 heavy (non-hydrogen) atoms. The fourth-order valence-electron chi connectivity index (χ4n) is 0.204. The lowest BCUT2D eigenvalue weighted by Gasteiger charge is -1.89. The fraction of sp³-hybridized carbons (Fsp3) is 0.750. The van der Waals surface area contributed by atoms with Gasteiger partial charge in [0.05, 0.1) is 6.54 Å². The van der Waals surface area contributed by atoms with E-state index in [0.717, 1.165) is 6.54 Å². The SMILES string of the molecule is [CH2-][NH2+]CCC. The molecule has 0 amide bonds. The van der Waals surface area contributed by atoms with E-state index in [9.17, 15) is 0 Å². The molecule has 0 rings (SSSR count). The molecule has 0 aromatic heterocycles. The predicted molar refractivity (Wildman–Crippen MR) is 22.4 cm³/mol. The van der Waals surface area contributed by atoms with Crippen molar-refractivity contribution in [1.82, 2.24) is 0 Å². The molecule has 0 fully saturated rings. The second kappa shape index (κ2) is 3.96. The van der Waals surface area contributed by atoms with Gasteiger partial charge in [-0.25, -0.2) is 0 Å². The quantitative estimate of drug-likeness (QED) is 0.434. The Morgan fingerprint density at radius 2 is 2.40 bits per heavy atom. The van der Waals surface area contributed by atoms with Crippen LogP contribution in [0.15, 0.2) is 0 Å². The van der Waals surface area contributed by atoms with Crippen molar-refractivity contribution in [3.8, 4) is 0 Å². The van der Waals surface area contributed by atoms with Crippen molar-refractivity contribution < 1.29 is 5.32 Å². The number of rotatable bonds is 2. The standard InChI is InChI=1S/C4H11N/c1-3-4-5-2/h2-5H2,1H3. The fourth-order valence-corrected chi connectivity index (χ4v) is 0.204. The van der Waals surface area contributed by atoms with E-state index in [1.807, 2.05) is 5.32 Å². The van der Waals surface area contributed by atoms with E-state index in [0.29, 0.717) is 0 Å². The second-order valence-corrected chi connectivity index (χ2v) is 1.08. The number of hydrogen-bond donors (Lipinski definition) is 1. The Kier molecular flexibility index (Phi) is 3.93. The van der Waals surface area contributed by atoms with Gasteiger partial charge >= 0.3 is 0 Å². The van der Waals surface area contributed by atoms with Gasteiger partial charge in [0.25, 0.3) is 0 Å². The Balaban J connectivity index is 2.19. The third-order valence-corrected chi connectivity index (χ3v) is 0.493. The van der Waals surface area contributed by atoms with Crippen molar-refractivity contribution in [2.75, 3.05) is 6.54 Å². The summed E-state index contributed by atoms with van der Waals surface area (Å²) >= 11 is 0. The average molecular weight is 73.1 g/mol. The molecule has 0 bridgehead atoms. The zero-order valence-corrected chi connectivity index (χ0v) is 3.70. The Morgan fingerprint density at radius 3 is 2.40 bits per heavy atom. The van der Waals surface area contributed by atoms with Gasteiger partial charge in [0.2, 0.25) is 0 Å². The summed E-state index contributed by atoms with van der Waals surface area (Å²) in [5, 5.41) is 1.93. The molecular formula is C4H11N. The van der Waals surface area contributed by atoms with Gasteiger partial charge in [0.1, 0.15) is 0 Å². The first-order valence-corrected chi connectivity index (χ1v) is 2.02. The van der Waals surface area contributed by atoms with E-state index < -0.39 is 0 Å². The minimum atomic E-state index is 1.15. The van der Waals surface area contributed by atoms with Crippen molar-refractivity contribution in [3.05, 3.63) is 7.05 Å². The van der Waals surface area contributed by atoms with Crippen LogP contribution >= 0.6 is 0 Å². The molecule has 0 aromatic carbocycles. The Labute approximate surface area is 33.4 Å². The molecule has 1 nitrogen and oxygen atoms in total. The van der Waals surface area contributed by atoms with Crippen LogP contribution in [0, 0.1) is 7.05 Å². The van der Waals surface area contributed by atoms with Crippen LogP contribution in [0.1, 0.15) is 13.3 Å². The topological polar surface area (TPSA) is 16.6 Å². The summed E-state index contributed by atoms with van der Waals surface area (Å²) in [6.07, 6.45) is 1.23. The molecule has 0 aromatic rings. The predicted octanol–water partition coefficient (Wildman–Crippen LogP) is -0.249. The Morgan fingerprint density at radius 1 is 1.80 bits per heavy atom. The highest BCUT2D eigenvalue weighted by Gasteiger charge is 1.64. The summed E-state index contributed by atoms with van der Waals surface area (Å²) in [6.45, 7) is 3.29. The maximum absolute atomic E-state index is 3.55. The molecule has 32 valence electrons. The molecule has 0 aliphatic heterocycles. The van der Waals surface area contributed by atoms with Crippen LogP contribution in [-0.2, 0) is 0 Å². The molecule has 0 unspecified atom stereocenters. The van der Waals surface area contributed by atoms with Gasteiger partial charge in [0, 0.05) is 0 Å². The summed E-state index contributed by atoms with van der Waals surface area (Å²) in [5.74, 6) is 0. The zero-order valence-electron chi connectivity index (χ0n) is 3.70. The summed E-state index contributed by atoms with van der Waals surface area (Å²) in [7, 11) is 3.55. The minimum Gasteiger partial charge on any atom is -0.479 e. The van der Waals surface area contributed by atoms with Crippen LogP contribution in [0.25, 0.3) is 0 Å². The smallest absolute Gasteiger partial charge is 0.0512 e. The first-order chi connectivity index (χ1) is 2.41. The largest absolute Gasteiger partial charge is 0.479 e. The molecule has 2 N–H and O–H groups in total. The van der Waals surface area contributed by atoms with Crippen molar-refractivity contribution in [2.45, 2.75) is 13.3 Å². The molecule has 1 heteroatoms. The highest BCUT2D eigenvalue weighted by molar-refractivity contribution is 4.11. The van der Waals surface area contributed by atoms with Crippen molar-refractivity contribution in [3.63, 3.8) is 0 Å². The third-order valence-electron chi connectivity index (χ3n) is 0.493. The second-order valence-electron chi connectivity index (χ2n) is 1.08. The van der Waals surface area contributed by atoms with E-state index in [2.05, 4.69) is 14.0 Å². The molecule has 0 aliphatic carbocycles. The lowest BCUT2D eigenvalue weighted by Crippen LogP contribution is -2.76. The van der Waals surface area contributed by atoms with E-state index in [-0.39, 0.29) is 0 Å². The van der Waals surface area contributed by atoms with Crippen molar-refractivity contribution in [2.24, 2.45) is 0 Å². The Hall–Kier alpha value is -0.0400. The highest BCUT2D eigenvalue weighted by Crippen LogP contribution is 1.56. The molecule has 0 saturated heterocycles. The summed E-state index contributed by atoms with van der Waals surface area (Å²) in [4.78, 5) is 0. The van der Waals surface area contributed by atoms with E-state index in [1.54, 1.807) is 0 Å². The highest BCUT2D eigenvalue weighted by atomic mass is 14.8. The van der Waals surface area contributed by atoms with Crippen LogP contribution in [0.4, 0.5) is 0 Å². The average Bonchev–Trinajstić information content (AvgIpc) is 1.41. The van der Waals surface area contributed by atoms with Crippen LogP contribution in [0.2, 0.25) is 0 Å². The minimum absolute atomic E-state index is 1.15. The van der Waals surface area contributed by atoms with Gasteiger partial charge in [-0.2, -0.15) is 7.05 Å². The molecule has 0 heterocycles. The van der Waals surface area contributed by atoms with Crippen LogP contribution in [0.5, 0.6) is 0 Å². The molecular weight excluding hydrogens is 62.1 g/mol. The number of hydrogen-bond acceptors (Lipinski definition) is 0. The van der Waals surface area contributed by atoms with Crippen LogP contribution in [-0.4, -0.2) is 6.54 Å². The molecule has 0 aliphatic rings. The van der Waals surface area contributed by atoms with Gasteiger partial charge < -0.3 is 5.32 Å². The summed E-state index contributed by atoms with van der Waals surface area (Å²) in [5.41, 5.74) is 0. The zero-order chi connectivity index (χ0) is 4.12. The number of quaternary nitrogens is 1. The van der Waals surface area contributed by atoms with Crippen molar-refractivity contribution in [1.29, 1.82) is 0 Å². The first kappa shape index (κ1) is 4.96. The third kappa shape index (κ3) is 3.96. The molecule has 0 spiro atoms. The van der Waals surface area contributed by atoms with Gasteiger partial charge in [-0.15, -0.1) is 0 Å². The van der Waals surface area contributed by atoms with Crippen LogP contribution in [0.3, 0.4) is 0 Å². The lowest BCUT2D eigenvalue weighted by atomic mass is 10.5. The van der Waals surface area contributed by atoms with E-state index in [4.69, 9.17) is 0 Å². The molecule has 0 atom stereocenters. The van der Waals surface area contributed by atoms with Gasteiger partial charge in [-0.05, 0) is 6.42 Å². The number of nitrogens with two attached hydrogens (primary N) is 1. The van der Waals surface area contributed by atoms with Gasteiger partial charge in [-0.1, -0.05) is 6.92 Å².